The topological polar surface area (TPSA) is 138 Å². The lowest BCUT2D eigenvalue weighted by Crippen LogP contribution is -2.05. The molecule has 0 spiro atoms. The van der Waals surface area contributed by atoms with Crippen molar-refractivity contribution in [3.8, 4) is 0 Å². The Labute approximate surface area is 124 Å². The maximum absolute atomic E-state index is 11.6. The molecule has 3 aromatic carbocycles. The Hall–Kier alpha value is -2.96. The van der Waals surface area contributed by atoms with Crippen molar-refractivity contribution in [3.63, 3.8) is 0 Å². The molecule has 0 bridgehead atoms. The van der Waals surface area contributed by atoms with Crippen LogP contribution < -0.4 is 0 Å². The van der Waals surface area contributed by atoms with Crippen molar-refractivity contribution in [1.29, 1.82) is 0 Å². The molecular formula is C16H14O6. The number of carboxylic acids is 2. The van der Waals surface area contributed by atoms with Crippen LogP contribution in [0.4, 0.5) is 0 Å². The van der Waals surface area contributed by atoms with Crippen molar-refractivity contribution in [3.05, 3.63) is 59.7 Å². The van der Waals surface area contributed by atoms with Gasteiger partial charge in [0.05, 0.1) is 11.1 Å². The smallest absolute Gasteiger partial charge is 0.336 e. The summed E-state index contributed by atoms with van der Waals surface area (Å²) in [7, 11) is 0. The Balaban J connectivity index is 0.00000121. The lowest BCUT2D eigenvalue weighted by molar-refractivity contribution is 0.0687. The number of hydrogen-bond acceptors (Lipinski definition) is 2. The summed E-state index contributed by atoms with van der Waals surface area (Å²) in [6.45, 7) is 0. The Morgan fingerprint density at radius 3 is 1.00 bits per heavy atom. The SMILES string of the molecule is O.O.O=C(O)c1c2ccccc2c(C(=O)O)c2ccccc12. The fourth-order valence-corrected chi connectivity index (χ4v) is 2.59. The minimum Gasteiger partial charge on any atom is -0.478 e. The predicted octanol–water partition coefficient (Wildman–Crippen LogP) is 1.74. The molecule has 3 aromatic rings. The highest BCUT2D eigenvalue weighted by molar-refractivity contribution is 6.23. The highest BCUT2D eigenvalue weighted by Gasteiger charge is 2.20. The highest BCUT2D eigenvalue weighted by atomic mass is 16.4. The van der Waals surface area contributed by atoms with Gasteiger partial charge in [-0.05, 0) is 21.5 Å². The quantitative estimate of drug-likeness (QED) is 0.696. The molecular weight excluding hydrogens is 288 g/mol. The number of fused-ring (bicyclic) bond motifs is 2. The van der Waals surface area contributed by atoms with Crippen molar-refractivity contribution in [2.75, 3.05) is 0 Å². The summed E-state index contributed by atoms with van der Waals surface area (Å²) in [6, 6.07) is 13.4. The fraction of sp³-hybridized carbons (Fsp3) is 0. The molecule has 0 atom stereocenters. The molecule has 6 heteroatoms. The van der Waals surface area contributed by atoms with Crippen LogP contribution in [0.15, 0.2) is 48.5 Å². The normalized spacial score (nSPS) is 9.82. The minimum atomic E-state index is -1.06. The van der Waals surface area contributed by atoms with E-state index < -0.39 is 11.9 Å². The van der Waals surface area contributed by atoms with Crippen LogP contribution in [0.5, 0.6) is 0 Å². The molecule has 6 N–H and O–H groups in total. The minimum absolute atomic E-state index is 0. The second-order valence-electron chi connectivity index (χ2n) is 4.45. The number of carboxylic acid groups (broad SMARTS) is 2. The zero-order valence-corrected chi connectivity index (χ0v) is 11.3. The molecule has 0 unspecified atom stereocenters. The third kappa shape index (κ3) is 2.37. The van der Waals surface area contributed by atoms with Crippen LogP contribution in [-0.4, -0.2) is 33.1 Å². The van der Waals surface area contributed by atoms with Gasteiger partial charge in [0.1, 0.15) is 0 Å². The van der Waals surface area contributed by atoms with Crippen molar-refractivity contribution in [1.82, 2.24) is 0 Å². The lowest BCUT2D eigenvalue weighted by Gasteiger charge is -2.11. The van der Waals surface area contributed by atoms with Crippen LogP contribution in [0, 0.1) is 0 Å². The van der Waals surface area contributed by atoms with Gasteiger partial charge in [-0.2, -0.15) is 0 Å². The Bertz CT molecular complexity index is 740. The first-order valence-corrected chi connectivity index (χ1v) is 6.01. The van der Waals surface area contributed by atoms with Gasteiger partial charge in [-0.25, -0.2) is 9.59 Å². The van der Waals surface area contributed by atoms with E-state index in [1.807, 2.05) is 0 Å². The molecule has 0 amide bonds. The summed E-state index contributed by atoms with van der Waals surface area (Å²) in [5.74, 6) is -2.12. The van der Waals surface area contributed by atoms with Crippen molar-refractivity contribution >= 4 is 33.5 Å². The van der Waals surface area contributed by atoms with Crippen LogP contribution >= 0.6 is 0 Å². The van der Waals surface area contributed by atoms with E-state index in [1.54, 1.807) is 48.5 Å². The molecule has 0 aliphatic heterocycles. The van der Waals surface area contributed by atoms with E-state index in [9.17, 15) is 19.8 Å². The van der Waals surface area contributed by atoms with E-state index in [0.717, 1.165) is 0 Å². The molecule has 114 valence electrons. The van der Waals surface area contributed by atoms with Crippen LogP contribution in [0.1, 0.15) is 20.7 Å². The second-order valence-corrected chi connectivity index (χ2v) is 4.45. The van der Waals surface area contributed by atoms with Gasteiger partial charge >= 0.3 is 11.9 Å². The van der Waals surface area contributed by atoms with Gasteiger partial charge < -0.3 is 21.2 Å². The number of aromatic carboxylic acids is 2. The van der Waals surface area contributed by atoms with E-state index in [-0.39, 0.29) is 22.1 Å². The zero-order valence-electron chi connectivity index (χ0n) is 11.3. The highest BCUT2D eigenvalue weighted by Crippen LogP contribution is 2.32. The Morgan fingerprint density at radius 1 is 0.591 bits per heavy atom. The zero-order chi connectivity index (χ0) is 14.3. The fourth-order valence-electron chi connectivity index (χ4n) is 2.59. The molecule has 3 rings (SSSR count). The molecule has 0 saturated heterocycles. The van der Waals surface area contributed by atoms with Crippen molar-refractivity contribution in [2.24, 2.45) is 0 Å². The average molecular weight is 302 g/mol. The van der Waals surface area contributed by atoms with E-state index >= 15 is 0 Å². The molecule has 0 fully saturated rings. The van der Waals surface area contributed by atoms with Gasteiger partial charge in [0.25, 0.3) is 0 Å². The first kappa shape index (κ1) is 17.1. The van der Waals surface area contributed by atoms with Gasteiger partial charge in [-0.15, -0.1) is 0 Å². The Morgan fingerprint density at radius 2 is 0.818 bits per heavy atom. The van der Waals surface area contributed by atoms with E-state index in [1.165, 1.54) is 0 Å². The molecule has 6 nitrogen and oxygen atoms in total. The largest absolute Gasteiger partial charge is 0.478 e. The molecule has 0 radical (unpaired) electrons. The average Bonchev–Trinajstić information content (AvgIpc) is 2.43. The first-order chi connectivity index (χ1) is 9.61. The second kappa shape index (κ2) is 6.21. The number of benzene rings is 3. The van der Waals surface area contributed by atoms with Crippen molar-refractivity contribution in [2.45, 2.75) is 0 Å². The molecule has 0 heterocycles. The summed E-state index contributed by atoms with van der Waals surface area (Å²) < 4.78 is 0. The Kier molecular flexibility index (Phi) is 4.83. The summed E-state index contributed by atoms with van der Waals surface area (Å²) in [4.78, 5) is 23.1. The predicted molar refractivity (Wildman–Crippen MR) is 82.6 cm³/mol. The van der Waals surface area contributed by atoms with Gasteiger partial charge in [0, 0.05) is 0 Å². The van der Waals surface area contributed by atoms with E-state index in [4.69, 9.17) is 0 Å². The third-order valence-corrected chi connectivity index (χ3v) is 3.36. The van der Waals surface area contributed by atoms with Gasteiger partial charge in [-0.1, -0.05) is 48.5 Å². The van der Waals surface area contributed by atoms with Gasteiger partial charge in [-0.3, -0.25) is 0 Å². The van der Waals surface area contributed by atoms with E-state index in [2.05, 4.69) is 0 Å². The van der Waals surface area contributed by atoms with E-state index in [0.29, 0.717) is 21.5 Å². The summed E-state index contributed by atoms with van der Waals surface area (Å²) in [5.41, 5.74) is 0.280. The summed E-state index contributed by atoms with van der Waals surface area (Å²) in [6.07, 6.45) is 0. The molecule has 22 heavy (non-hydrogen) atoms. The number of carbonyl (C=O) groups is 2. The first-order valence-electron chi connectivity index (χ1n) is 6.01. The summed E-state index contributed by atoms with van der Waals surface area (Å²) in [5, 5.41) is 20.7. The summed E-state index contributed by atoms with van der Waals surface area (Å²) >= 11 is 0. The van der Waals surface area contributed by atoms with Crippen LogP contribution in [0.2, 0.25) is 0 Å². The molecule has 0 aliphatic carbocycles. The molecule has 0 aromatic heterocycles. The van der Waals surface area contributed by atoms with Crippen molar-refractivity contribution < 1.29 is 30.8 Å². The number of hydrogen-bond donors (Lipinski definition) is 2. The van der Waals surface area contributed by atoms with Crippen LogP contribution in [0.3, 0.4) is 0 Å². The maximum Gasteiger partial charge on any atom is 0.336 e. The molecule has 0 aliphatic rings. The number of rotatable bonds is 2. The van der Waals surface area contributed by atoms with Gasteiger partial charge in [0.15, 0.2) is 0 Å². The van der Waals surface area contributed by atoms with Crippen LogP contribution in [-0.2, 0) is 0 Å². The van der Waals surface area contributed by atoms with Crippen LogP contribution in [0.25, 0.3) is 21.5 Å². The standard InChI is InChI=1S/C16H10O4.2H2O/c17-15(18)13-9-5-1-2-6-10(9)14(16(19)20)12-8-4-3-7-11(12)13;;/h1-8H,(H,17,18)(H,19,20);2*1H2. The molecule has 0 saturated carbocycles. The lowest BCUT2D eigenvalue weighted by atomic mass is 9.92. The monoisotopic (exact) mass is 302 g/mol. The third-order valence-electron chi connectivity index (χ3n) is 3.36. The van der Waals surface area contributed by atoms with Gasteiger partial charge in [0.2, 0.25) is 0 Å². The maximum atomic E-state index is 11.6.